The third kappa shape index (κ3) is 4.33. The molecule has 3 aliphatic rings. The second kappa shape index (κ2) is 8.35. The SMILES string of the molecule is Cl.O=C(CCN1CCCC1C1CCCC1)N1CCNCC1. The lowest BCUT2D eigenvalue weighted by Crippen LogP contribution is -2.47. The molecule has 0 radical (unpaired) electrons. The molecule has 3 fully saturated rings. The normalized spacial score (nSPS) is 27.8. The van der Waals surface area contributed by atoms with Crippen LogP contribution in [0.1, 0.15) is 44.9 Å². The van der Waals surface area contributed by atoms with Crippen LogP contribution in [-0.4, -0.2) is 61.0 Å². The van der Waals surface area contributed by atoms with Gasteiger partial charge in [-0.25, -0.2) is 0 Å². The molecule has 0 aromatic rings. The topological polar surface area (TPSA) is 35.6 Å². The van der Waals surface area contributed by atoms with Crippen LogP contribution < -0.4 is 5.32 Å². The van der Waals surface area contributed by atoms with E-state index >= 15 is 0 Å². The molecule has 1 saturated carbocycles. The van der Waals surface area contributed by atoms with Crippen LogP contribution in [0.3, 0.4) is 0 Å². The molecule has 1 N–H and O–H groups in total. The smallest absolute Gasteiger partial charge is 0.223 e. The van der Waals surface area contributed by atoms with Crippen molar-refractivity contribution in [1.82, 2.24) is 15.1 Å². The largest absolute Gasteiger partial charge is 0.340 e. The van der Waals surface area contributed by atoms with E-state index in [-0.39, 0.29) is 12.4 Å². The summed E-state index contributed by atoms with van der Waals surface area (Å²) in [7, 11) is 0. The number of piperazine rings is 1. The highest BCUT2D eigenvalue weighted by Gasteiger charge is 2.33. The maximum Gasteiger partial charge on any atom is 0.223 e. The number of likely N-dealkylation sites (tertiary alicyclic amines) is 1. The minimum atomic E-state index is 0. The zero-order chi connectivity index (χ0) is 13.8. The molecule has 2 aliphatic heterocycles. The minimum Gasteiger partial charge on any atom is -0.340 e. The third-order valence-corrected chi connectivity index (χ3v) is 5.44. The Kier molecular flexibility index (Phi) is 6.77. The molecular formula is C16H30ClN3O. The van der Waals surface area contributed by atoms with Crippen LogP contribution in [0.25, 0.3) is 0 Å². The molecular weight excluding hydrogens is 286 g/mol. The molecule has 122 valence electrons. The number of hydrogen-bond donors (Lipinski definition) is 1. The first-order valence-corrected chi connectivity index (χ1v) is 8.57. The van der Waals surface area contributed by atoms with Crippen molar-refractivity contribution >= 4 is 18.3 Å². The molecule has 3 rings (SSSR count). The van der Waals surface area contributed by atoms with Gasteiger partial charge in [0.05, 0.1) is 0 Å². The summed E-state index contributed by atoms with van der Waals surface area (Å²) in [6.07, 6.45) is 9.13. The molecule has 1 amide bonds. The van der Waals surface area contributed by atoms with Crippen LogP contribution in [0.4, 0.5) is 0 Å². The fourth-order valence-electron chi connectivity index (χ4n) is 4.32. The maximum absolute atomic E-state index is 12.3. The van der Waals surface area contributed by atoms with Gasteiger partial charge in [0.15, 0.2) is 0 Å². The van der Waals surface area contributed by atoms with Crippen molar-refractivity contribution in [1.29, 1.82) is 0 Å². The van der Waals surface area contributed by atoms with Gasteiger partial charge in [-0.3, -0.25) is 9.69 Å². The Morgan fingerprint density at radius 2 is 1.71 bits per heavy atom. The lowest BCUT2D eigenvalue weighted by Gasteiger charge is -2.31. The molecule has 4 nitrogen and oxygen atoms in total. The number of rotatable bonds is 4. The van der Waals surface area contributed by atoms with Crippen molar-refractivity contribution in [2.45, 2.75) is 51.0 Å². The summed E-state index contributed by atoms with van der Waals surface area (Å²) in [4.78, 5) is 16.9. The average Bonchev–Trinajstić information content (AvgIpc) is 3.16. The summed E-state index contributed by atoms with van der Waals surface area (Å²) < 4.78 is 0. The minimum absolute atomic E-state index is 0. The van der Waals surface area contributed by atoms with Gasteiger partial charge in [-0.05, 0) is 38.1 Å². The molecule has 1 atom stereocenters. The van der Waals surface area contributed by atoms with Crippen molar-refractivity contribution < 1.29 is 4.79 Å². The lowest BCUT2D eigenvalue weighted by atomic mass is 9.96. The van der Waals surface area contributed by atoms with Crippen molar-refractivity contribution in [2.75, 3.05) is 39.3 Å². The molecule has 0 bridgehead atoms. The van der Waals surface area contributed by atoms with Crippen LogP contribution in [0.15, 0.2) is 0 Å². The van der Waals surface area contributed by atoms with Crippen molar-refractivity contribution in [2.24, 2.45) is 5.92 Å². The predicted octanol–water partition coefficient (Wildman–Crippen LogP) is 1.88. The van der Waals surface area contributed by atoms with Gasteiger partial charge in [-0.2, -0.15) is 0 Å². The van der Waals surface area contributed by atoms with Gasteiger partial charge >= 0.3 is 0 Å². The first-order chi connectivity index (χ1) is 9.84. The standard InChI is InChI=1S/C16H29N3O.ClH/c20-16(19-12-8-17-9-13-19)7-11-18-10-3-6-15(18)14-4-1-2-5-14;/h14-15,17H,1-13H2;1H. The quantitative estimate of drug-likeness (QED) is 0.860. The molecule has 1 aliphatic carbocycles. The van der Waals surface area contributed by atoms with Crippen LogP contribution in [0, 0.1) is 5.92 Å². The van der Waals surface area contributed by atoms with E-state index in [1.807, 2.05) is 4.90 Å². The number of carbonyl (C=O) groups excluding carboxylic acids is 1. The van der Waals surface area contributed by atoms with Gasteiger partial charge in [0, 0.05) is 45.2 Å². The zero-order valence-corrected chi connectivity index (χ0v) is 13.9. The summed E-state index contributed by atoms with van der Waals surface area (Å²) in [6, 6.07) is 0.785. The van der Waals surface area contributed by atoms with Gasteiger partial charge < -0.3 is 10.2 Å². The number of nitrogens with one attached hydrogen (secondary N) is 1. The Bertz CT molecular complexity index is 327. The molecule has 2 heterocycles. The van der Waals surface area contributed by atoms with Gasteiger partial charge in [-0.15, -0.1) is 12.4 Å². The van der Waals surface area contributed by atoms with E-state index in [4.69, 9.17) is 0 Å². The molecule has 1 unspecified atom stereocenters. The van der Waals surface area contributed by atoms with E-state index < -0.39 is 0 Å². The first kappa shape index (κ1) is 17.0. The van der Waals surface area contributed by atoms with Crippen LogP contribution in [0.5, 0.6) is 0 Å². The Hall–Kier alpha value is -0.320. The van der Waals surface area contributed by atoms with Crippen LogP contribution in [-0.2, 0) is 4.79 Å². The van der Waals surface area contributed by atoms with Crippen molar-refractivity contribution in [3.05, 3.63) is 0 Å². The fourth-order valence-corrected chi connectivity index (χ4v) is 4.32. The highest BCUT2D eigenvalue weighted by atomic mass is 35.5. The van der Waals surface area contributed by atoms with Gasteiger partial charge in [0.25, 0.3) is 0 Å². The molecule has 21 heavy (non-hydrogen) atoms. The Morgan fingerprint density at radius 3 is 2.43 bits per heavy atom. The summed E-state index contributed by atoms with van der Waals surface area (Å²) >= 11 is 0. The van der Waals surface area contributed by atoms with E-state index in [9.17, 15) is 4.79 Å². The Labute approximate surface area is 135 Å². The van der Waals surface area contributed by atoms with Crippen LogP contribution in [0.2, 0.25) is 0 Å². The lowest BCUT2D eigenvalue weighted by molar-refractivity contribution is -0.132. The highest BCUT2D eigenvalue weighted by molar-refractivity contribution is 5.85. The number of nitrogens with zero attached hydrogens (tertiary/aromatic N) is 2. The number of halogens is 1. The maximum atomic E-state index is 12.3. The number of hydrogen-bond acceptors (Lipinski definition) is 3. The second-order valence-electron chi connectivity index (χ2n) is 6.67. The molecule has 0 spiro atoms. The summed E-state index contributed by atoms with van der Waals surface area (Å²) in [5.41, 5.74) is 0. The summed E-state index contributed by atoms with van der Waals surface area (Å²) in [5.74, 6) is 1.29. The van der Waals surface area contributed by atoms with E-state index in [0.717, 1.165) is 51.1 Å². The van der Waals surface area contributed by atoms with Crippen molar-refractivity contribution in [3.8, 4) is 0 Å². The Morgan fingerprint density at radius 1 is 1.00 bits per heavy atom. The zero-order valence-electron chi connectivity index (χ0n) is 13.1. The summed E-state index contributed by atoms with van der Waals surface area (Å²) in [5, 5.41) is 3.31. The molecule has 0 aromatic carbocycles. The van der Waals surface area contributed by atoms with E-state index in [0.29, 0.717) is 5.91 Å². The third-order valence-electron chi connectivity index (χ3n) is 5.44. The Balaban J connectivity index is 0.00000161. The van der Waals surface area contributed by atoms with Gasteiger partial charge in [0.2, 0.25) is 5.91 Å². The number of amides is 1. The fraction of sp³-hybridized carbons (Fsp3) is 0.938. The molecule has 2 saturated heterocycles. The molecule has 5 heteroatoms. The van der Waals surface area contributed by atoms with E-state index in [1.54, 1.807) is 0 Å². The first-order valence-electron chi connectivity index (χ1n) is 8.57. The van der Waals surface area contributed by atoms with Crippen LogP contribution >= 0.6 is 12.4 Å². The monoisotopic (exact) mass is 315 g/mol. The summed E-state index contributed by atoms with van der Waals surface area (Å²) in [6.45, 7) is 5.91. The number of carbonyl (C=O) groups is 1. The van der Waals surface area contributed by atoms with Gasteiger partial charge in [0.1, 0.15) is 0 Å². The second-order valence-corrected chi connectivity index (χ2v) is 6.67. The predicted molar refractivity (Wildman–Crippen MR) is 87.9 cm³/mol. The highest BCUT2D eigenvalue weighted by Crippen LogP contribution is 2.35. The van der Waals surface area contributed by atoms with E-state index in [1.165, 1.54) is 45.1 Å². The van der Waals surface area contributed by atoms with E-state index in [2.05, 4.69) is 10.2 Å². The molecule has 0 aromatic heterocycles. The average molecular weight is 316 g/mol. The van der Waals surface area contributed by atoms with Gasteiger partial charge in [-0.1, -0.05) is 12.8 Å². The van der Waals surface area contributed by atoms with Crippen molar-refractivity contribution in [3.63, 3.8) is 0 Å².